The molecule has 1 saturated heterocycles. The predicted octanol–water partition coefficient (Wildman–Crippen LogP) is 3.53. The molecule has 1 aliphatic rings. The summed E-state index contributed by atoms with van der Waals surface area (Å²) in [6.07, 6.45) is 5.53. The lowest BCUT2D eigenvalue weighted by Crippen LogP contribution is -2.43. The van der Waals surface area contributed by atoms with E-state index in [1.807, 2.05) is 19.1 Å². The number of piperidine rings is 1. The summed E-state index contributed by atoms with van der Waals surface area (Å²) in [5.41, 5.74) is 15.9. The largest absolute Gasteiger partial charge is 0.397 e. The van der Waals surface area contributed by atoms with Crippen LogP contribution < -0.4 is 16.4 Å². The number of carbonyl (C=O) groups excluding carboxylic acids is 1. The molecule has 7 heteroatoms. The van der Waals surface area contributed by atoms with E-state index < -0.39 is 0 Å². The van der Waals surface area contributed by atoms with Crippen LogP contribution in [0.25, 0.3) is 11.3 Å². The summed E-state index contributed by atoms with van der Waals surface area (Å²) in [6.45, 7) is 3.45. The number of aromatic nitrogens is 2. The first-order valence-corrected chi connectivity index (χ1v) is 10.4. The number of hydrogen-bond acceptors (Lipinski definition) is 6. The third-order valence-corrected chi connectivity index (χ3v) is 5.62. The second-order valence-corrected chi connectivity index (χ2v) is 8.07. The van der Waals surface area contributed by atoms with E-state index in [2.05, 4.69) is 14.9 Å². The molecule has 4 N–H and O–H groups in total. The van der Waals surface area contributed by atoms with Gasteiger partial charge in [0.25, 0.3) is 0 Å². The van der Waals surface area contributed by atoms with Crippen LogP contribution in [-0.4, -0.2) is 34.9 Å². The first-order valence-electron chi connectivity index (χ1n) is 10.4. The van der Waals surface area contributed by atoms with Crippen molar-refractivity contribution in [3.8, 4) is 11.3 Å². The van der Waals surface area contributed by atoms with Crippen molar-refractivity contribution in [3.63, 3.8) is 0 Å². The van der Waals surface area contributed by atoms with E-state index in [9.17, 15) is 9.18 Å². The normalized spacial score (nSPS) is 16.4. The third kappa shape index (κ3) is 4.56. The highest BCUT2D eigenvalue weighted by Gasteiger charge is 2.22. The zero-order chi connectivity index (χ0) is 22.0. The number of nitrogens with zero attached hydrogens (tertiary/aromatic N) is 3. The van der Waals surface area contributed by atoms with E-state index in [4.69, 9.17) is 11.5 Å². The number of Topliss-reactive ketones (excluding diaryl/α,β-unsaturated/α-hetero) is 1. The number of halogens is 1. The maximum absolute atomic E-state index is 14.4. The molecule has 0 saturated carbocycles. The van der Waals surface area contributed by atoms with Crippen molar-refractivity contribution in [3.05, 3.63) is 71.4 Å². The van der Waals surface area contributed by atoms with Crippen molar-refractivity contribution < 1.29 is 9.18 Å². The molecule has 4 rings (SSSR count). The molecule has 0 amide bonds. The van der Waals surface area contributed by atoms with Gasteiger partial charge in [-0.2, -0.15) is 0 Å². The molecule has 6 nitrogen and oxygen atoms in total. The molecule has 160 valence electrons. The van der Waals surface area contributed by atoms with Gasteiger partial charge in [-0.3, -0.25) is 9.78 Å². The van der Waals surface area contributed by atoms with Crippen LogP contribution in [0.1, 0.15) is 34.5 Å². The zero-order valence-corrected chi connectivity index (χ0v) is 17.5. The lowest BCUT2D eigenvalue weighted by Gasteiger charge is -2.33. The highest BCUT2D eigenvalue weighted by atomic mass is 19.1. The van der Waals surface area contributed by atoms with Gasteiger partial charge >= 0.3 is 0 Å². The summed E-state index contributed by atoms with van der Waals surface area (Å²) in [6, 6.07) is 10.2. The van der Waals surface area contributed by atoms with Gasteiger partial charge in [0.05, 0.1) is 11.4 Å². The highest BCUT2D eigenvalue weighted by molar-refractivity contribution is 6.01. The van der Waals surface area contributed by atoms with Crippen LogP contribution in [0, 0.1) is 12.7 Å². The first kappa shape index (κ1) is 20.9. The molecule has 0 unspecified atom stereocenters. The Balaban J connectivity index is 1.63. The third-order valence-electron chi connectivity index (χ3n) is 5.62. The summed E-state index contributed by atoms with van der Waals surface area (Å²) in [5.74, 6) is -0.617. The molecule has 0 radical (unpaired) electrons. The van der Waals surface area contributed by atoms with E-state index in [0.29, 0.717) is 11.3 Å². The minimum Gasteiger partial charge on any atom is -0.397 e. The molecule has 1 aliphatic heterocycles. The molecule has 3 aromatic rings. The number of nitrogen functional groups attached to an aromatic ring is 1. The summed E-state index contributed by atoms with van der Waals surface area (Å²) in [7, 11) is 0. The smallest absolute Gasteiger partial charge is 0.187 e. The lowest BCUT2D eigenvalue weighted by atomic mass is 10.0. The minimum atomic E-state index is -0.383. The molecule has 2 aromatic heterocycles. The summed E-state index contributed by atoms with van der Waals surface area (Å²) < 4.78 is 14.4. The fourth-order valence-electron chi connectivity index (χ4n) is 4.02. The van der Waals surface area contributed by atoms with Crippen molar-refractivity contribution >= 4 is 17.2 Å². The molecule has 1 aromatic carbocycles. The van der Waals surface area contributed by atoms with Gasteiger partial charge < -0.3 is 16.4 Å². The van der Waals surface area contributed by atoms with Crippen molar-refractivity contribution in [2.24, 2.45) is 5.73 Å². The minimum absolute atomic E-state index is 0.103. The predicted molar refractivity (Wildman–Crippen MR) is 120 cm³/mol. The average Bonchev–Trinajstić information content (AvgIpc) is 2.75. The Labute approximate surface area is 181 Å². The van der Waals surface area contributed by atoms with E-state index in [-0.39, 0.29) is 35.4 Å². The molecule has 3 heterocycles. The Morgan fingerprint density at radius 3 is 2.87 bits per heavy atom. The molecule has 1 atom stereocenters. The van der Waals surface area contributed by atoms with E-state index in [1.165, 1.54) is 6.07 Å². The van der Waals surface area contributed by atoms with Crippen LogP contribution in [0.15, 0.2) is 48.8 Å². The second kappa shape index (κ2) is 8.81. The quantitative estimate of drug-likeness (QED) is 0.614. The number of benzene rings is 1. The topological polar surface area (TPSA) is 98.1 Å². The summed E-state index contributed by atoms with van der Waals surface area (Å²) >= 11 is 0. The molecule has 0 spiro atoms. The number of aryl methyl sites for hydroxylation is 1. The number of pyridine rings is 2. The van der Waals surface area contributed by atoms with E-state index in [0.717, 1.165) is 42.7 Å². The van der Waals surface area contributed by atoms with Crippen LogP contribution in [0.4, 0.5) is 15.8 Å². The van der Waals surface area contributed by atoms with Crippen LogP contribution >= 0.6 is 0 Å². The Kier molecular flexibility index (Phi) is 5.95. The van der Waals surface area contributed by atoms with E-state index >= 15 is 0 Å². The van der Waals surface area contributed by atoms with Crippen molar-refractivity contribution in [2.45, 2.75) is 32.2 Å². The fourth-order valence-corrected chi connectivity index (χ4v) is 4.02. The summed E-state index contributed by atoms with van der Waals surface area (Å²) in [4.78, 5) is 24.0. The highest BCUT2D eigenvalue weighted by Crippen LogP contribution is 2.27. The molecular formula is C24H26FN5O. The summed E-state index contributed by atoms with van der Waals surface area (Å²) in [5, 5.41) is 0. The van der Waals surface area contributed by atoms with Crippen LogP contribution in [0.2, 0.25) is 0 Å². The van der Waals surface area contributed by atoms with E-state index in [1.54, 1.807) is 30.6 Å². The maximum atomic E-state index is 14.4. The number of carbonyl (C=O) groups is 1. The lowest BCUT2D eigenvalue weighted by molar-refractivity contribution is 0.0989. The van der Waals surface area contributed by atoms with Gasteiger partial charge in [0.1, 0.15) is 11.5 Å². The number of hydrogen-bond donors (Lipinski definition) is 2. The van der Waals surface area contributed by atoms with Gasteiger partial charge in [0, 0.05) is 54.8 Å². The van der Waals surface area contributed by atoms with Gasteiger partial charge in [-0.1, -0.05) is 6.07 Å². The molecule has 0 aliphatic carbocycles. The zero-order valence-electron chi connectivity index (χ0n) is 17.5. The van der Waals surface area contributed by atoms with Gasteiger partial charge in [-0.05, 0) is 55.7 Å². The first-order chi connectivity index (χ1) is 14.9. The van der Waals surface area contributed by atoms with Crippen molar-refractivity contribution in [1.82, 2.24) is 9.97 Å². The Morgan fingerprint density at radius 2 is 2.10 bits per heavy atom. The van der Waals surface area contributed by atoms with Crippen molar-refractivity contribution in [2.75, 3.05) is 23.7 Å². The molecule has 1 fully saturated rings. The number of rotatable bonds is 5. The fraction of sp³-hybridized carbons (Fsp3) is 0.292. The van der Waals surface area contributed by atoms with Gasteiger partial charge in [0.2, 0.25) is 0 Å². The maximum Gasteiger partial charge on any atom is 0.187 e. The average molecular weight is 420 g/mol. The molecular weight excluding hydrogens is 393 g/mol. The van der Waals surface area contributed by atoms with Crippen LogP contribution in [0.3, 0.4) is 0 Å². The number of ketones is 1. The van der Waals surface area contributed by atoms with Crippen LogP contribution in [0.5, 0.6) is 0 Å². The number of anilines is 2. The van der Waals surface area contributed by atoms with Crippen LogP contribution in [-0.2, 0) is 6.42 Å². The Hall–Kier alpha value is -3.32. The molecule has 31 heavy (non-hydrogen) atoms. The monoisotopic (exact) mass is 419 g/mol. The van der Waals surface area contributed by atoms with Gasteiger partial charge in [-0.25, -0.2) is 9.37 Å². The SMILES string of the molecule is Cc1ccc(-c2ccc(N)c(C(=O)Cc3cnccc3N3CCC[C@H](N)C3)n2)c(F)c1. The standard InChI is InChI=1S/C24H26FN5O/c1-15-4-5-18(19(25)11-15)21-7-6-20(27)24(29-21)23(31)12-16-13-28-9-8-22(16)30-10-2-3-17(26)14-30/h4-9,11,13,17H,2-3,10,12,14,26-27H2,1H3/t17-/m0/s1. The van der Waals surface area contributed by atoms with Crippen molar-refractivity contribution in [1.29, 1.82) is 0 Å². The second-order valence-electron chi connectivity index (χ2n) is 8.07. The Bertz CT molecular complexity index is 1120. The van der Waals surface area contributed by atoms with Gasteiger partial charge in [0.15, 0.2) is 5.78 Å². The molecule has 0 bridgehead atoms. The van der Waals surface area contributed by atoms with Gasteiger partial charge in [-0.15, -0.1) is 0 Å². The Morgan fingerprint density at radius 1 is 1.26 bits per heavy atom. The number of nitrogens with two attached hydrogens (primary N) is 2.